The molecule has 0 aromatic heterocycles. The molecule has 86 valence electrons. The Balaban J connectivity index is 2.06. The van der Waals surface area contributed by atoms with Crippen molar-refractivity contribution in [3.63, 3.8) is 0 Å². The molecule has 1 atom stereocenters. The second-order valence-electron chi connectivity index (χ2n) is 3.71. The first-order valence-corrected chi connectivity index (χ1v) is 5.89. The van der Waals surface area contributed by atoms with E-state index in [1.807, 2.05) is 24.3 Å². The minimum atomic E-state index is -0.286. The van der Waals surface area contributed by atoms with Crippen LogP contribution < -0.4 is 5.73 Å². The van der Waals surface area contributed by atoms with Crippen LogP contribution >= 0.6 is 15.9 Å². The summed E-state index contributed by atoms with van der Waals surface area (Å²) in [4.78, 5) is 13.2. The molecule has 1 aliphatic rings. The second kappa shape index (κ2) is 4.84. The van der Waals surface area contributed by atoms with Gasteiger partial charge in [0.1, 0.15) is 6.10 Å². The first kappa shape index (κ1) is 11.4. The zero-order chi connectivity index (χ0) is 11.5. The summed E-state index contributed by atoms with van der Waals surface area (Å²) in [7, 11) is 0. The van der Waals surface area contributed by atoms with Crippen LogP contribution in [-0.4, -0.2) is 30.2 Å². The fraction of sp³-hybridized carbons (Fsp3) is 0.364. The van der Waals surface area contributed by atoms with Gasteiger partial charge in [-0.15, -0.1) is 0 Å². The van der Waals surface area contributed by atoms with Crippen molar-refractivity contribution < 1.29 is 9.53 Å². The molecule has 1 amide bonds. The van der Waals surface area contributed by atoms with Crippen LogP contribution in [-0.2, 0) is 11.3 Å². The molecule has 0 spiro atoms. The second-order valence-corrected chi connectivity index (χ2v) is 4.57. The minimum Gasteiger partial charge on any atom is -0.443 e. The van der Waals surface area contributed by atoms with Crippen molar-refractivity contribution in [2.75, 3.05) is 13.1 Å². The van der Waals surface area contributed by atoms with Gasteiger partial charge in [-0.2, -0.15) is 0 Å². The van der Waals surface area contributed by atoms with Gasteiger partial charge in [-0.3, -0.25) is 0 Å². The Kier molecular flexibility index (Phi) is 3.46. The van der Waals surface area contributed by atoms with Gasteiger partial charge in [0.05, 0.1) is 13.1 Å². The molecular weight excluding hydrogens is 272 g/mol. The third kappa shape index (κ3) is 2.36. The van der Waals surface area contributed by atoms with Gasteiger partial charge in [0, 0.05) is 11.0 Å². The van der Waals surface area contributed by atoms with Gasteiger partial charge in [0.2, 0.25) is 0 Å². The number of nitrogens with two attached hydrogens (primary N) is 1. The van der Waals surface area contributed by atoms with Gasteiger partial charge in [-0.05, 0) is 11.6 Å². The lowest BCUT2D eigenvalue weighted by atomic mass is 10.2. The summed E-state index contributed by atoms with van der Waals surface area (Å²) in [5.74, 6) is 0. The quantitative estimate of drug-likeness (QED) is 0.920. The number of benzene rings is 1. The number of nitrogens with zero attached hydrogens (tertiary/aromatic N) is 1. The number of rotatable bonds is 3. The van der Waals surface area contributed by atoms with Crippen LogP contribution in [0.1, 0.15) is 5.56 Å². The van der Waals surface area contributed by atoms with Crippen LogP contribution in [0.15, 0.2) is 28.7 Å². The minimum absolute atomic E-state index is 0.171. The standard InChI is InChI=1S/C11H13BrN2O2/c12-10-4-2-1-3-8(10)6-14-7-9(5-13)16-11(14)15/h1-4,9H,5-7,13H2. The highest BCUT2D eigenvalue weighted by Gasteiger charge is 2.30. The molecule has 0 radical (unpaired) electrons. The number of carbonyl (C=O) groups is 1. The molecule has 0 saturated carbocycles. The lowest BCUT2D eigenvalue weighted by molar-refractivity contribution is 0.134. The number of carbonyl (C=O) groups excluding carboxylic acids is 1. The smallest absolute Gasteiger partial charge is 0.410 e. The normalized spacial score (nSPS) is 20.0. The molecule has 2 rings (SSSR count). The molecule has 1 aromatic rings. The summed E-state index contributed by atoms with van der Waals surface area (Å²) in [5.41, 5.74) is 6.54. The third-order valence-corrected chi connectivity index (χ3v) is 3.31. The molecule has 0 aliphatic carbocycles. The molecular formula is C11H13BrN2O2. The molecule has 0 bridgehead atoms. The Hall–Kier alpha value is -1.07. The maximum atomic E-state index is 11.5. The molecule has 1 aromatic carbocycles. The predicted molar refractivity (Wildman–Crippen MR) is 63.9 cm³/mol. The molecule has 1 saturated heterocycles. The van der Waals surface area contributed by atoms with E-state index in [0.29, 0.717) is 19.6 Å². The Labute approximate surface area is 102 Å². The maximum absolute atomic E-state index is 11.5. The highest BCUT2D eigenvalue weighted by molar-refractivity contribution is 9.10. The van der Waals surface area contributed by atoms with Crippen LogP contribution in [0.2, 0.25) is 0 Å². The van der Waals surface area contributed by atoms with Gasteiger partial charge in [-0.1, -0.05) is 34.1 Å². The van der Waals surface area contributed by atoms with Crippen LogP contribution in [0.25, 0.3) is 0 Å². The lowest BCUT2D eigenvalue weighted by Crippen LogP contribution is -2.27. The molecule has 16 heavy (non-hydrogen) atoms. The highest BCUT2D eigenvalue weighted by atomic mass is 79.9. The Morgan fingerprint density at radius 1 is 1.50 bits per heavy atom. The van der Waals surface area contributed by atoms with Gasteiger partial charge < -0.3 is 15.4 Å². The van der Waals surface area contributed by atoms with Crippen LogP contribution in [0, 0.1) is 0 Å². The Morgan fingerprint density at radius 2 is 2.25 bits per heavy atom. The fourth-order valence-electron chi connectivity index (χ4n) is 1.66. The van der Waals surface area contributed by atoms with E-state index in [1.54, 1.807) is 4.90 Å². The first-order valence-electron chi connectivity index (χ1n) is 5.09. The van der Waals surface area contributed by atoms with Crippen LogP contribution in [0.4, 0.5) is 4.79 Å². The molecule has 4 nitrogen and oxygen atoms in total. The van der Waals surface area contributed by atoms with Crippen molar-refractivity contribution in [3.05, 3.63) is 34.3 Å². The van der Waals surface area contributed by atoms with Crippen molar-refractivity contribution in [1.29, 1.82) is 0 Å². The van der Waals surface area contributed by atoms with E-state index in [9.17, 15) is 4.79 Å². The van der Waals surface area contributed by atoms with E-state index in [0.717, 1.165) is 10.0 Å². The monoisotopic (exact) mass is 284 g/mol. The molecule has 1 aliphatic heterocycles. The lowest BCUT2D eigenvalue weighted by Gasteiger charge is -2.13. The van der Waals surface area contributed by atoms with E-state index >= 15 is 0 Å². The van der Waals surface area contributed by atoms with E-state index in [-0.39, 0.29) is 12.2 Å². The molecule has 1 heterocycles. The topological polar surface area (TPSA) is 55.6 Å². The summed E-state index contributed by atoms with van der Waals surface area (Å²) in [5, 5.41) is 0. The van der Waals surface area contributed by atoms with Gasteiger partial charge >= 0.3 is 6.09 Å². The number of halogens is 1. The number of cyclic esters (lactones) is 1. The zero-order valence-electron chi connectivity index (χ0n) is 8.73. The summed E-state index contributed by atoms with van der Waals surface area (Å²) >= 11 is 3.45. The van der Waals surface area contributed by atoms with Gasteiger partial charge in [0.15, 0.2) is 0 Å². The van der Waals surface area contributed by atoms with E-state index < -0.39 is 0 Å². The predicted octanol–water partition coefficient (Wildman–Crippen LogP) is 1.73. The average Bonchev–Trinajstić information content (AvgIpc) is 2.63. The Bertz CT molecular complexity index is 397. The fourth-order valence-corrected chi connectivity index (χ4v) is 2.07. The SMILES string of the molecule is NCC1CN(Cc2ccccc2Br)C(=O)O1. The largest absolute Gasteiger partial charge is 0.443 e. The van der Waals surface area contributed by atoms with E-state index in [2.05, 4.69) is 15.9 Å². The van der Waals surface area contributed by atoms with Crippen molar-refractivity contribution >= 4 is 22.0 Å². The molecule has 1 unspecified atom stereocenters. The molecule has 1 fully saturated rings. The van der Waals surface area contributed by atoms with Crippen molar-refractivity contribution in [1.82, 2.24) is 4.90 Å². The first-order chi connectivity index (χ1) is 7.70. The summed E-state index contributed by atoms with van der Waals surface area (Å²) < 4.78 is 6.08. The van der Waals surface area contributed by atoms with E-state index in [4.69, 9.17) is 10.5 Å². The average molecular weight is 285 g/mol. The highest BCUT2D eigenvalue weighted by Crippen LogP contribution is 2.20. The number of hydrogen-bond acceptors (Lipinski definition) is 3. The van der Waals surface area contributed by atoms with Gasteiger partial charge in [0.25, 0.3) is 0 Å². The number of ether oxygens (including phenoxy) is 1. The van der Waals surface area contributed by atoms with Crippen LogP contribution in [0.5, 0.6) is 0 Å². The summed E-state index contributed by atoms with van der Waals surface area (Å²) in [6.07, 6.45) is -0.457. The van der Waals surface area contributed by atoms with Crippen molar-refractivity contribution in [2.24, 2.45) is 5.73 Å². The Morgan fingerprint density at radius 3 is 2.88 bits per heavy atom. The van der Waals surface area contributed by atoms with Crippen molar-refractivity contribution in [3.8, 4) is 0 Å². The van der Waals surface area contributed by atoms with Crippen LogP contribution in [0.3, 0.4) is 0 Å². The van der Waals surface area contributed by atoms with E-state index in [1.165, 1.54) is 0 Å². The number of hydrogen-bond donors (Lipinski definition) is 1. The maximum Gasteiger partial charge on any atom is 0.410 e. The molecule has 5 heteroatoms. The van der Waals surface area contributed by atoms with Crippen molar-refractivity contribution in [2.45, 2.75) is 12.6 Å². The van der Waals surface area contributed by atoms with Gasteiger partial charge in [-0.25, -0.2) is 4.79 Å². The zero-order valence-corrected chi connectivity index (χ0v) is 10.3. The molecule has 2 N–H and O–H groups in total. The summed E-state index contributed by atoms with van der Waals surface area (Å²) in [6.45, 7) is 1.49. The number of amides is 1. The third-order valence-electron chi connectivity index (χ3n) is 2.53. The summed E-state index contributed by atoms with van der Waals surface area (Å²) in [6, 6.07) is 7.82.